The number of nitrogens with one attached hydrogen (secondary N) is 1. The van der Waals surface area contributed by atoms with Gasteiger partial charge >= 0.3 is 0 Å². The molecule has 2 saturated heterocycles. The average Bonchev–Trinajstić information content (AvgIpc) is 2.46. The highest BCUT2D eigenvalue weighted by Crippen LogP contribution is 2.22. The molecule has 68 valence electrons. The first-order valence-electron chi connectivity index (χ1n) is 4.83. The van der Waals surface area contributed by atoms with Crippen LogP contribution in [0.5, 0.6) is 0 Å². The fourth-order valence-corrected chi connectivity index (χ4v) is 2.23. The minimum absolute atomic E-state index is 0.0353. The Hall–Kier alpha value is -0.570. The van der Waals surface area contributed by atoms with Crippen molar-refractivity contribution in [2.45, 2.75) is 38.3 Å². The summed E-state index contributed by atoms with van der Waals surface area (Å²) in [5.41, 5.74) is 0. The van der Waals surface area contributed by atoms with E-state index in [-0.39, 0.29) is 6.04 Å². The van der Waals surface area contributed by atoms with Gasteiger partial charge in [-0.05, 0) is 32.7 Å². The summed E-state index contributed by atoms with van der Waals surface area (Å²) in [6.07, 6.45) is 3.54. The van der Waals surface area contributed by atoms with E-state index in [0.717, 1.165) is 19.5 Å². The summed E-state index contributed by atoms with van der Waals surface area (Å²) in [6, 6.07) is 0.572. The molecule has 2 rings (SSSR count). The smallest absolute Gasteiger partial charge is 0.239 e. The van der Waals surface area contributed by atoms with Gasteiger partial charge in [0, 0.05) is 12.6 Å². The van der Waals surface area contributed by atoms with E-state index in [0.29, 0.717) is 11.9 Å². The maximum absolute atomic E-state index is 11.7. The van der Waals surface area contributed by atoms with Crippen molar-refractivity contribution in [3.8, 4) is 0 Å². The van der Waals surface area contributed by atoms with E-state index >= 15 is 0 Å². The van der Waals surface area contributed by atoms with Crippen molar-refractivity contribution < 1.29 is 4.79 Å². The highest BCUT2D eigenvalue weighted by molar-refractivity contribution is 5.82. The van der Waals surface area contributed by atoms with Gasteiger partial charge in [-0.2, -0.15) is 0 Å². The molecule has 2 atom stereocenters. The van der Waals surface area contributed by atoms with Crippen LogP contribution in [0, 0.1) is 0 Å². The van der Waals surface area contributed by atoms with Gasteiger partial charge in [0.2, 0.25) is 5.91 Å². The quantitative estimate of drug-likeness (QED) is 0.566. The van der Waals surface area contributed by atoms with Crippen molar-refractivity contribution in [3.63, 3.8) is 0 Å². The van der Waals surface area contributed by atoms with Crippen molar-refractivity contribution in [2.24, 2.45) is 0 Å². The summed E-state index contributed by atoms with van der Waals surface area (Å²) >= 11 is 0. The molecule has 0 saturated carbocycles. The van der Waals surface area contributed by atoms with Gasteiger partial charge < -0.3 is 10.2 Å². The number of fused-ring (bicyclic) bond motifs is 1. The van der Waals surface area contributed by atoms with Crippen molar-refractivity contribution >= 4 is 5.91 Å². The number of amides is 1. The highest BCUT2D eigenvalue weighted by Gasteiger charge is 2.33. The van der Waals surface area contributed by atoms with Gasteiger partial charge in [-0.1, -0.05) is 0 Å². The third kappa shape index (κ3) is 1.22. The van der Waals surface area contributed by atoms with Crippen LogP contribution in [0.15, 0.2) is 0 Å². The first-order valence-corrected chi connectivity index (χ1v) is 4.83. The Kier molecular flexibility index (Phi) is 2.05. The fraction of sp³-hybridized carbons (Fsp3) is 0.889. The zero-order chi connectivity index (χ0) is 8.55. The van der Waals surface area contributed by atoms with Crippen LogP contribution in [0.1, 0.15) is 26.2 Å². The Morgan fingerprint density at radius 3 is 3.17 bits per heavy atom. The van der Waals surface area contributed by atoms with E-state index in [1.165, 1.54) is 12.8 Å². The predicted octanol–water partition coefficient (Wildman–Crippen LogP) is 0.359. The maximum atomic E-state index is 11.7. The third-order valence-electron chi connectivity index (χ3n) is 2.96. The van der Waals surface area contributed by atoms with Crippen LogP contribution in [0.3, 0.4) is 0 Å². The Morgan fingerprint density at radius 1 is 1.50 bits per heavy atom. The summed E-state index contributed by atoms with van der Waals surface area (Å²) in [5, 5.41) is 3.23. The standard InChI is InChI=1S/C9H16N2O/c1-7-9(12)11-6-2-3-8(11)4-5-10-7/h7-8,10H,2-6H2,1H3/t7?,8-/m1/s1. The van der Waals surface area contributed by atoms with Crippen LogP contribution in [0.4, 0.5) is 0 Å². The molecule has 0 aromatic rings. The summed E-state index contributed by atoms with van der Waals surface area (Å²) in [5.74, 6) is 0.301. The monoisotopic (exact) mass is 168 g/mol. The normalized spacial score (nSPS) is 36.4. The lowest BCUT2D eigenvalue weighted by Gasteiger charge is -2.22. The lowest BCUT2D eigenvalue weighted by Crippen LogP contribution is -2.42. The number of hydrogen-bond donors (Lipinski definition) is 1. The van der Waals surface area contributed by atoms with Gasteiger partial charge in [0.05, 0.1) is 6.04 Å². The summed E-state index contributed by atoms with van der Waals surface area (Å²) in [4.78, 5) is 13.8. The second kappa shape index (κ2) is 3.05. The minimum Gasteiger partial charge on any atom is -0.338 e. The van der Waals surface area contributed by atoms with E-state index < -0.39 is 0 Å². The van der Waals surface area contributed by atoms with Crippen molar-refractivity contribution in [3.05, 3.63) is 0 Å². The number of rotatable bonds is 0. The molecule has 0 spiro atoms. The topological polar surface area (TPSA) is 32.3 Å². The van der Waals surface area contributed by atoms with Crippen LogP contribution < -0.4 is 5.32 Å². The summed E-state index contributed by atoms with van der Waals surface area (Å²) < 4.78 is 0. The second-order valence-corrected chi connectivity index (χ2v) is 3.79. The van der Waals surface area contributed by atoms with E-state index in [4.69, 9.17) is 0 Å². The van der Waals surface area contributed by atoms with Crippen LogP contribution in [-0.4, -0.2) is 36.0 Å². The highest BCUT2D eigenvalue weighted by atomic mass is 16.2. The van der Waals surface area contributed by atoms with E-state index in [2.05, 4.69) is 10.2 Å². The SMILES string of the molecule is CC1NCC[C@H]2CCCN2C1=O. The van der Waals surface area contributed by atoms with Gasteiger partial charge in [0.15, 0.2) is 0 Å². The first-order chi connectivity index (χ1) is 5.79. The van der Waals surface area contributed by atoms with Gasteiger partial charge in [0.1, 0.15) is 0 Å². The fourth-order valence-electron chi connectivity index (χ4n) is 2.23. The number of carbonyl (C=O) groups excluding carboxylic acids is 1. The van der Waals surface area contributed by atoms with E-state index in [1.54, 1.807) is 0 Å². The Balaban J connectivity index is 2.13. The predicted molar refractivity (Wildman–Crippen MR) is 46.8 cm³/mol. The van der Waals surface area contributed by atoms with Crippen LogP contribution >= 0.6 is 0 Å². The molecule has 2 aliphatic rings. The van der Waals surface area contributed by atoms with Gasteiger partial charge in [-0.15, -0.1) is 0 Å². The average molecular weight is 168 g/mol. The van der Waals surface area contributed by atoms with Crippen molar-refractivity contribution in [1.29, 1.82) is 0 Å². The Labute approximate surface area is 73.1 Å². The third-order valence-corrected chi connectivity index (χ3v) is 2.96. The second-order valence-electron chi connectivity index (χ2n) is 3.79. The summed E-state index contributed by atoms with van der Waals surface area (Å²) in [6.45, 7) is 3.94. The van der Waals surface area contributed by atoms with Gasteiger partial charge in [0.25, 0.3) is 0 Å². The zero-order valence-electron chi connectivity index (χ0n) is 7.55. The molecule has 3 nitrogen and oxygen atoms in total. The number of nitrogens with zero attached hydrogens (tertiary/aromatic N) is 1. The van der Waals surface area contributed by atoms with Gasteiger partial charge in [-0.3, -0.25) is 4.79 Å². The maximum Gasteiger partial charge on any atom is 0.239 e. The van der Waals surface area contributed by atoms with Crippen LogP contribution in [0.25, 0.3) is 0 Å². The largest absolute Gasteiger partial charge is 0.338 e. The summed E-state index contributed by atoms with van der Waals surface area (Å²) in [7, 11) is 0. The lowest BCUT2D eigenvalue weighted by atomic mass is 10.1. The van der Waals surface area contributed by atoms with Gasteiger partial charge in [-0.25, -0.2) is 0 Å². The molecule has 2 heterocycles. The van der Waals surface area contributed by atoms with Crippen LogP contribution in [-0.2, 0) is 4.79 Å². The van der Waals surface area contributed by atoms with Crippen molar-refractivity contribution in [1.82, 2.24) is 10.2 Å². The van der Waals surface area contributed by atoms with E-state index in [9.17, 15) is 4.79 Å². The Morgan fingerprint density at radius 2 is 2.33 bits per heavy atom. The molecule has 0 radical (unpaired) electrons. The molecule has 1 amide bonds. The number of hydrogen-bond acceptors (Lipinski definition) is 2. The van der Waals surface area contributed by atoms with Crippen LogP contribution in [0.2, 0.25) is 0 Å². The molecule has 0 aliphatic carbocycles. The molecule has 1 N–H and O–H groups in total. The lowest BCUT2D eigenvalue weighted by molar-refractivity contribution is -0.132. The van der Waals surface area contributed by atoms with E-state index in [1.807, 2.05) is 6.92 Å². The Bertz CT molecular complexity index is 193. The molecular weight excluding hydrogens is 152 g/mol. The molecule has 2 aliphatic heterocycles. The molecular formula is C9H16N2O. The number of carbonyl (C=O) groups is 1. The minimum atomic E-state index is 0.0353. The molecule has 0 bridgehead atoms. The molecule has 0 aromatic heterocycles. The molecule has 1 unspecified atom stereocenters. The molecule has 12 heavy (non-hydrogen) atoms. The zero-order valence-corrected chi connectivity index (χ0v) is 7.55. The molecule has 3 heteroatoms. The molecule has 0 aromatic carbocycles. The first kappa shape index (κ1) is 8.05. The van der Waals surface area contributed by atoms with Crippen molar-refractivity contribution in [2.75, 3.05) is 13.1 Å². The molecule has 2 fully saturated rings.